The first-order chi connectivity index (χ1) is 7.87. The van der Waals surface area contributed by atoms with E-state index < -0.39 is 0 Å². The molecule has 0 spiro atoms. The lowest BCUT2D eigenvalue weighted by Crippen LogP contribution is -2.12. The topological polar surface area (TPSA) is 20.2 Å². The summed E-state index contributed by atoms with van der Waals surface area (Å²) in [6.07, 6.45) is 3.26. The van der Waals surface area contributed by atoms with E-state index in [1.54, 1.807) is 12.1 Å². The van der Waals surface area contributed by atoms with Crippen LogP contribution in [0, 0.1) is 11.2 Å². The fourth-order valence-corrected chi connectivity index (χ4v) is 1.86. The van der Waals surface area contributed by atoms with Crippen LogP contribution >= 0.6 is 0 Å². The third-order valence-corrected chi connectivity index (χ3v) is 2.85. The highest BCUT2D eigenvalue weighted by molar-refractivity contribution is 5.16. The van der Waals surface area contributed by atoms with Gasteiger partial charge >= 0.3 is 0 Å². The Bertz CT molecular complexity index is 324. The van der Waals surface area contributed by atoms with Gasteiger partial charge in [0.2, 0.25) is 0 Å². The Kier molecular flexibility index (Phi) is 5.13. The summed E-state index contributed by atoms with van der Waals surface area (Å²) in [4.78, 5) is 0. The molecule has 2 heteroatoms. The average Bonchev–Trinajstić information content (AvgIpc) is 2.19. The molecule has 0 aliphatic carbocycles. The van der Waals surface area contributed by atoms with E-state index in [1.165, 1.54) is 12.1 Å². The van der Waals surface area contributed by atoms with Crippen LogP contribution in [0.15, 0.2) is 24.3 Å². The molecule has 0 amide bonds. The number of aliphatic hydroxyl groups excluding tert-OH is 1. The maximum absolute atomic E-state index is 12.7. The second-order valence-electron chi connectivity index (χ2n) is 5.94. The molecule has 1 aromatic rings. The lowest BCUT2D eigenvalue weighted by Gasteiger charge is -2.19. The van der Waals surface area contributed by atoms with E-state index in [2.05, 4.69) is 20.8 Å². The highest BCUT2D eigenvalue weighted by Gasteiger charge is 2.12. The van der Waals surface area contributed by atoms with E-state index in [4.69, 9.17) is 0 Å². The Morgan fingerprint density at radius 3 is 2.29 bits per heavy atom. The zero-order valence-electron chi connectivity index (χ0n) is 11.0. The second-order valence-corrected chi connectivity index (χ2v) is 5.94. The summed E-state index contributed by atoms with van der Waals surface area (Å²) in [7, 11) is 0. The number of aliphatic hydroxyl groups is 1. The first-order valence-corrected chi connectivity index (χ1v) is 6.29. The van der Waals surface area contributed by atoms with E-state index in [-0.39, 0.29) is 11.9 Å². The lowest BCUT2D eigenvalue weighted by atomic mass is 9.89. The van der Waals surface area contributed by atoms with Gasteiger partial charge in [-0.25, -0.2) is 4.39 Å². The van der Waals surface area contributed by atoms with Crippen molar-refractivity contribution in [1.82, 2.24) is 0 Å². The lowest BCUT2D eigenvalue weighted by molar-refractivity contribution is 0.156. The van der Waals surface area contributed by atoms with Crippen molar-refractivity contribution in [2.24, 2.45) is 5.41 Å². The molecule has 1 unspecified atom stereocenters. The van der Waals surface area contributed by atoms with E-state index >= 15 is 0 Å². The molecule has 0 fully saturated rings. The van der Waals surface area contributed by atoms with Gasteiger partial charge in [0.05, 0.1) is 6.10 Å². The summed E-state index contributed by atoms with van der Waals surface area (Å²) in [5, 5.41) is 9.88. The first kappa shape index (κ1) is 14.2. The second kappa shape index (κ2) is 6.15. The Hall–Kier alpha value is -0.890. The van der Waals surface area contributed by atoms with Crippen molar-refractivity contribution in [3.63, 3.8) is 0 Å². The van der Waals surface area contributed by atoms with Crippen molar-refractivity contribution >= 4 is 0 Å². The van der Waals surface area contributed by atoms with E-state index in [9.17, 15) is 9.50 Å². The SMILES string of the molecule is CC(C)(C)CCCC(O)Cc1ccc(F)cc1. The molecule has 1 rings (SSSR count). The van der Waals surface area contributed by atoms with Gasteiger partial charge in [-0.1, -0.05) is 39.3 Å². The molecule has 0 saturated carbocycles. The molecular formula is C15H23FO. The first-order valence-electron chi connectivity index (χ1n) is 6.29. The minimum absolute atomic E-state index is 0.226. The van der Waals surface area contributed by atoms with Crippen LogP contribution < -0.4 is 0 Å². The molecule has 1 aromatic carbocycles. The molecule has 96 valence electrons. The predicted octanol–water partition coefficient (Wildman–Crippen LogP) is 3.95. The maximum Gasteiger partial charge on any atom is 0.123 e. The monoisotopic (exact) mass is 238 g/mol. The zero-order valence-corrected chi connectivity index (χ0v) is 11.0. The molecule has 0 bridgehead atoms. The van der Waals surface area contributed by atoms with Crippen LogP contribution in [0.2, 0.25) is 0 Å². The Labute approximate surface area is 104 Å². The highest BCUT2D eigenvalue weighted by Crippen LogP contribution is 2.22. The van der Waals surface area contributed by atoms with Crippen LogP contribution in [0.1, 0.15) is 45.6 Å². The third kappa shape index (κ3) is 6.42. The fraction of sp³-hybridized carbons (Fsp3) is 0.600. The number of hydrogen-bond donors (Lipinski definition) is 1. The van der Waals surface area contributed by atoms with Gasteiger partial charge in [0, 0.05) is 0 Å². The molecule has 0 saturated heterocycles. The summed E-state index contributed by atoms with van der Waals surface area (Å²) >= 11 is 0. The summed E-state index contributed by atoms with van der Waals surface area (Å²) in [5.41, 5.74) is 1.32. The van der Waals surface area contributed by atoms with E-state index in [0.717, 1.165) is 24.8 Å². The number of hydrogen-bond acceptors (Lipinski definition) is 1. The van der Waals surface area contributed by atoms with E-state index in [1.807, 2.05) is 0 Å². The summed E-state index contributed by atoms with van der Waals surface area (Å²) in [6.45, 7) is 6.62. The summed E-state index contributed by atoms with van der Waals surface area (Å²) in [6, 6.07) is 6.36. The van der Waals surface area contributed by atoms with Crippen molar-refractivity contribution in [3.8, 4) is 0 Å². The molecule has 0 aliphatic heterocycles. The number of rotatable bonds is 5. The van der Waals surface area contributed by atoms with Gasteiger partial charge in [-0.15, -0.1) is 0 Å². The fourth-order valence-electron chi connectivity index (χ4n) is 1.86. The van der Waals surface area contributed by atoms with Gasteiger partial charge in [-0.2, -0.15) is 0 Å². The van der Waals surface area contributed by atoms with Gasteiger partial charge in [-0.05, 0) is 42.4 Å². The quantitative estimate of drug-likeness (QED) is 0.823. The van der Waals surface area contributed by atoms with Crippen LogP contribution in [-0.4, -0.2) is 11.2 Å². The van der Waals surface area contributed by atoms with Gasteiger partial charge in [0.25, 0.3) is 0 Å². The van der Waals surface area contributed by atoms with Crippen LogP contribution in [-0.2, 0) is 6.42 Å². The molecule has 0 heterocycles. The largest absolute Gasteiger partial charge is 0.393 e. The molecule has 0 aliphatic rings. The Morgan fingerprint density at radius 1 is 1.18 bits per heavy atom. The normalized spacial score (nSPS) is 13.7. The van der Waals surface area contributed by atoms with Crippen molar-refractivity contribution in [3.05, 3.63) is 35.6 Å². The van der Waals surface area contributed by atoms with Gasteiger partial charge < -0.3 is 5.11 Å². The molecule has 0 radical (unpaired) electrons. The summed E-state index contributed by atoms with van der Waals surface area (Å²) < 4.78 is 12.7. The third-order valence-electron chi connectivity index (χ3n) is 2.85. The zero-order chi connectivity index (χ0) is 12.9. The highest BCUT2D eigenvalue weighted by atomic mass is 19.1. The number of halogens is 1. The molecule has 1 atom stereocenters. The molecule has 0 aromatic heterocycles. The number of benzene rings is 1. The van der Waals surface area contributed by atoms with Crippen molar-refractivity contribution in [2.75, 3.05) is 0 Å². The smallest absolute Gasteiger partial charge is 0.123 e. The average molecular weight is 238 g/mol. The van der Waals surface area contributed by atoms with Gasteiger partial charge in [-0.3, -0.25) is 0 Å². The van der Waals surface area contributed by atoms with Crippen LogP contribution in [0.4, 0.5) is 4.39 Å². The van der Waals surface area contributed by atoms with Gasteiger partial charge in [0.1, 0.15) is 5.82 Å². The standard InChI is InChI=1S/C15H23FO/c1-15(2,3)10-4-5-14(17)11-12-6-8-13(16)9-7-12/h6-9,14,17H,4-5,10-11H2,1-3H3. The maximum atomic E-state index is 12.7. The molecule has 17 heavy (non-hydrogen) atoms. The Morgan fingerprint density at radius 2 is 1.76 bits per heavy atom. The Balaban J connectivity index is 2.30. The van der Waals surface area contributed by atoms with Gasteiger partial charge in [0.15, 0.2) is 0 Å². The van der Waals surface area contributed by atoms with Crippen LogP contribution in [0.25, 0.3) is 0 Å². The summed E-state index contributed by atoms with van der Waals surface area (Å²) in [5.74, 6) is -0.226. The van der Waals surface area contributed by atoms with Crippen molar-refractivity contribution in [1.29, 1.82) is 0 Å². The molecular weight excluding hydrogens is 215 g/mol. The molecule has 1 nitrogen and oxygen atoms in total. The van der Waals surface area contributed by atoms with Crippen molar-refractivity contribution < 1.29 is 9.50 Å². The van der Waals surface area contributed by atoms with E-state index in [0.29, 0.717) is 11.8 Å². The predicted molar refractivity (Wildman–Crippen MR) is 69.4 cm³/mol. The van der Waals surface area contributed by atoms with Crippen molar-refractivity contribution in [2.45, 2.75) is 52.6 Å². The van der Waals surface area contributed by atoms with Crippen LogP contribution in [0.5, 0.6) is 0 Å². The molecule has 1 N–H and O–H groups in total. The van der Waals surface area contributed by atoms with Crippen LogP contribution in [0.3, 0.4) is 0 Å². The minimum Gasteiger partial charge on any atom is -0.393 e. The minimum atomic E-state index is -0.317.